The Labute approximate surface area is 179 Å². The van der Waals surface area contributed by atoms with Crippen LogP contribution in [0.1, 0.15) is 55.7 Å². The highest BCUT2D eigenvalue weighted by atomic mass is 16.7. The van der Waals surface area contributed by atoms with E-state index in [1.165, 1.54) is 54.7 Å². The predicted molar refractivity (Wildman–Crippen MR) is 123 cm³/mol. The third-order valence-corrected chi connectivity index (χ3v) is 6.64. The van der Waals surface area contributed by atoms with Gasteiger partial charge in [0.2, 0.25) is 0 Å². The first kappa shape index (κ1) is 19.5. The minimum atomic E-state index is 0.602. The Morgan fingerprint density at radius 3 is 2.63 bits per heavy atom. The summed E-state index contributed by atoms with van der Waals surface area (Å²) in [5.74, 6) is 1.51. The maximum atomic E-state index is 5.96. The summed E-state index contributed by atoms with van der Waals surface area (Å²) < 4.78 is 0. The molecule has 1 aliphatic carbocycles. The molecule has 5 nitrogen and oxygen atoms in total. The van der Waals surface area contributed by atoms with Crippen molar-refractivity contribution in [1.29, 1.82) is 0 Å². The molecule has 30 heavy (non-hydrogen) atoms. The zero-order valence-electron chi connectivity index (χ0n) is 18.0. The van der Waals surface area contributed by atoms with Crippen molar-refractivity contribution >= 4 is 17.1 Å². The lowest BCUT2D eigenvalue weighted by atomic mass is 9.78. The minimum absolute atomic E-state index is 0.602. The highest BCUT2D eigenvalue weighted by Crippen LogP contribution is 2.45. The molecule has 2 aliphatic heterocycles. The standard InChI is InChI=1S/C25H32N4O/c1-3-12-28(13-4-2)20-14-18-16-26-23-11-10-21(22(15-20)25(18)23)24-17-29(27-30-24)19-8-6-5-7-9-19/h5-11,17-18,20,26-27H,3-4,12-16H2,1-2H3/t18-,20-/m0/s1. The molecule has 0 spiro atoms. The van der Waals surface area contributed by atoms with Crippen LogP contribution in [0.15, 0.2) is 48.7 Å². The molecular formula is C25H32N4O. The lowest BCUT2D eigenvalue weighted by Gasteiger charge is -2.37. The molecule has 0 saturated heterocycles. The minimum Gasteiger partial charge on any atom is -0.386 e. The van der Waals surface area contributed by atoms with Crippen LogP contribution in [-0.4, -0.2) is 30.6 Å². The third kappa shape index (κ3) is 3.46. The van der Waals surface area contributed by atoms with Crippen molar-refractivity contribution in [3.63, 3.8) is 0 Å². The fourth-order valence-corrected chi connectivity index (χ4v) is 5.36. The summed E-state index contributed by atoms with van der Waals surface area (Å²) in [4.78, 5) is 8.68. The van der Waals surface area contributed by atoms with Crippen LogP contribution in [0.25, 0.3) is 5.76 Å². The third-order valence-electron chi connectivity index (χ3n) is 6.64. The van der Waals surface area contributed by atoms with Crippen molar-refractivity contribution in [2.45, 2.75) is 51.5 Å². The Balaban J connectivity index is 1.49. The highest BCUT2D eigenvalue weighted by molar-refractivity contribution is 5.75. The molecule has 0 saturated carbocycles. The highest BCUT2D eigenvalue weighted by Gasteiger charge is 2.37. The van der Waals surface area contributed by atoms with Crippen LogP contribution in [0, 0.1) is 0 Å². The van der Waals surface area contributed by atoms with E-state index in [-0.39, 0.29) is 0 Å². The largest absolute Gasteiger partial charge is 0.386 e. The molecule has 0 aromatic heterocycles. The smallest absolute Gasteiger partial charge is 0.174 e. The van der Waals surface area contributed by atoms with Gasteiger partial charge in [-0.25, -0.2) is 5.01 Å². The van der Waals surface area contributed by atoms with Crippen LogP contribution < -0.4 is 15.9 Å². The van der Waals surface area contributed by atoms with E-state index in [4.69, 9.17) is 4.84 Å². The van der Waals surface area contributed by atoms with E-state index in [2.05, 4.69) is 60.1 Å². The summed E-state index contributed by atoms with van der Waals surface area (Å²) in [6.07, 6.45) is 6.85. The Morgan fingerprint density at radius 2 is 1.87 bits per heavy atom. The van der Waals surface area contributed by atoms with Crippen LogP contribution in [0.4, 0.5) is 11.4 Å². The quantitative estimate of drug-likeness (QED) is 0.688. The van der Waals surface area contributed by atoms with Gasteiger partial charge in [0.05, 0.1) is 11.9 Å². The van der Waals surface area contributed by atoms with Gasteiger partial charge in [-0.3, -0.25) is 0 Å². The summed E-state index contributed by atoms with van der Waals surface area (Å²) in [5.41, 5.74) is 9.67. The van der Waals surface area contributed by atoms with Gasteiger partial charge < -0.3 is 15.1 Å². The Bertz CT molecular complexity index is 920. The molecule has 5 heteroatoms. The van der Waals surface area contributed by atoms with Crippen molar-refractivity contribution in [2.75, 3.05) is 30.0 Å². The average molecular weight is 405 g/mol. The predicted octanol–water partition coefficient (Wildman–Crippen LogP) is 4.89. The number of nitrogens with one attached hydrogen (secondary N) is 2. The van der Waals surface area contributed by atoms with Gasteiger partial charge in [-0.2, -0.15) is 0 Å². The first-order chi connectivity index (χ1) is 14.8. The fourth-order valence-electron chi connectivity index (χ4n) is 5.36. The van der Waals surface area contributed by atoms with Crippen LogP contribution in [0.5, 0.6) is 0 Å². The molecule has 0 bridgehead atoms. The zero-order chi connectivity index (χ0) is 20.5. The van der Waals surface area contributed by atoms with E-state index in [1.54, 1.807) is 0 Å². The molecule has 5 rings (SSSR count). The van der Waals surface area contributed by atoms with Crippen molar-refractivity contribution in [3.8, 4) is 0 Å². The van der Waals surface area contributed by atoms with E-state index in [9.17, 15) is 0 Å². The topological polar surface area (TPSA) is 39.8 Å². The molecule has 2 atom stereocenters. The second-order valence-corrected chi connectivity index (χ2v) is 8.65. The summed E-state index contributed by atoms with van der Waals surface area (Å²) in [5, 5.41) is 5.60. The maximum Gasteiger partial charge on any atom is 0.174 e. The monoisotopic (exact) mass is 404 g/mol. The van der Waals surface area contributed by atoms with Gasteiger partial charge in [0.25, 0.3) is 0 Å². The number of anilines is 2. The summed E-state index contributed by atoms with van der Waals surface area (Å²) in [6.45, 7) is 8.02. The van der Waals surface area contributed by atoms with Crippen LogP contribution in [-0.2, 0) is 11.3 Å². The number of hydrogen-bond acceptors (Lipinski definition) is 5. The van der Waals surface area contributed by atoms with Gasteiger partial charge in [-0.15, -0.1) is 0 Å². The van der Waals surface area contributed by atoms with Crippen molar-refractivity contribution in [2.24, 2.45) is 0 Å². The molecule has 0 amide bonds. The first-order valence-corrected chi connectivity index (χ1v) is 11.4. The van der Waals surface area contributed by atoms with Gasteiger partial charge in [-0.05, 0) is 74.2 Å². The van der Waals surface area contributed by atoms with E-state index < -0.39 is 0 Å². The van der Waals surface area contributed by atoms with Crippen molar-refractivity contribution in [3.05, 3.63) is 65.4 Å². The van der Waals surface area contributed by atoms with Gasteiger partial charge in [-0.1, -0.05) is 37.6 Å². The number of hydrazine groups is 1. The van der Waals surface area contributed by atoms with Gasteiger partial charge in [0.15, 0.2) is 5.76 Å². The lowest BCUT2D eigenvalue weighted by molar-refractivity contribution is 0.170. The van der Waals surface area contributed by atoms with E-state index in [0.29, 0.717) is 12.0 Å². The second kappa shape index (κ2) is 8.32. The van der Waals surface area contributed by atoms with E-state index in [0.717, 1.165) is 24.4 Å². The molecule has 2 aromatic rings. The number of benzene rings is 2. The van der Waals surface area contributed by atoms with Gasteiger partial charge in [0.1, 0.15) is 0 Å². The van der Waals surface area contributed by atoms with Crippen molar-refractivity contribution in [1.82, 2.24) is 10.5 Å². The number of para-hydroxylation sites is 1. The molecule has 2 heterocycles. The lowest BCUT2D eigenvalue weighted by Crippen LogP contribution is -2.41. The molecule has 0 fully saturated rings. The number of rotatable bonds is 7. The molecule has 2 N–H and O–H groups in total. The molecule has 2 aromatic carbocycles. The molecular weight excluding hydrogens is 372 g/mol. The average Bonchev–Trinajstić information content (AvgIpc) is 3.43. The summed E-state index contributed by atoms with van der Waals surface area (Å²) in [7, 11) is 0. The fraction of sp³-hybridized carbons (Fsp3) is 0.440. The SMILES string of the molecule is CCCN(CCC)[C@@H]1Cc2c(C3=CN(c4ccccc4)NO3)ccc3c2[C@H](CN3)C1. The van der Waals surface area contributed by atoms with Crippen LogP contribution in [0.2, 0.25) is 0 Å². The number of nitrogens with zero attached hydrogens (tertiary/aromatic N) is 2. The second-order valence-electron chi connectivity index (χ2n) is 8.65. The van der Waals surface area contributed by atoms with Gasteiger partial charge >= 0.3 is 0 Å². The summed E-state index contributed by atoms with van der Waals surface area (Å²) >= 11 is 0. The normalized spacial score (nSPS) is 22.0. The van der Waals surface area contributed by atoms with Gasteiger partial charge in [0, 0.05) is 29.8 Å². The van der Waals surface area contributed by atoms with Crippen LogP contribution in [0.3, 0.4) is 0 Å². The Hall–Kier alpha value is -2.50. The molecule has 0 radical (unpaired) electrons. The Kier molecular flexibility index (Phi) is 5.40. The first-order valence-electron chi connectivity index (χ1n) is 11.4. The van der Waals surface area contributed by atoms with E-state index in [1.807, 2.05) is 23.2 Å². The van der Waals surface area contributed by atoms with E-state index >= 15 is 0 Å². The molecule has 0 unspecified atom stereocenters. The molecule has 3 aliphatic rings. The Morgan fingerprint density at radius 1 is 1.07 bits per heavy atom. The molecule has 158 valence electrons. The number of hydrogen-bond donors (Lipinski definition) is 2. The zero-order valence-corrected chi connectivity index (χ0v) is 18.0. The maximum absolute atomic E-state index is 5.96. The van der Waals surface area contributed by atoms with Crippen LogP contribution >= 0.6 is 0 Å². The summed E-state index contributed by atoms with van der Waals surface area (Å²) in [6, 6.07) is 15.3. The van der Waals surface area contributed by atoms with Crippen molar-refractivity contribution < 1.29 is 4.84 Å².